The van der Waals surface area contributed by atoms with Crippen molar-refractivity contribution in [3.8, 4) is 11.5 Å². The molecule has 24 heavy (non-hydrogen) atoms. The normalized spacial score (nSPS) is 17.5. The quantitative estimate of drug-likeness (QED) is 0.817. The minimum absolute atomic E-state index is 0.238. The van der Waals surface area contributed by atoms with E-state index in [-0.39, 0.29) is 5.92 Å². The summed E-state index contributed by atoms with van der Waals surface area (Å²) < 4.78 is 29.0. The minimum atomic E-state index is -3.33. The molecule has 130 valence electrons. The Labute approximate surface area is 142 Å². The number of nitrogens with zero attached hydrogens (tertiary/aromatic N) is 6. The summed E-state index contributed by atoms with van der Waals surface area (Å²) in [5, 5.41) is 0. The fraction of sp³-hybridized carbons (Fsp3) is 0.533. The Kier molecular flexibility index (Phi) is 4.66. The molecule has 1 saturated heterocycles. The van der Waals surface area contributed by atoms with Crippen molar-refractivity contribution in [1.29, 1.82) is 0 Å². The van der Waals surface area contributed by atoms with Crippen LogP contribution in [0.4, 0.5) is 0 Å². The summed E-state index contributed by atoms with van der Waals surface area (Å²) in [6.07, 6.45) is 8.62. The van der Waals surface area contributed by atoms with Gasteiger partial charge >= 0.3 is 0 Å². The van der Waals surface area contributed by atoms with Crippen LogP contribution in [0.1, 0.15) is 24.5 Å². The lowest BCUT2D eigenvalue weighted by atomic mass is 9.95. The monoisotopic (exact) mass is 350 g/mol. The van der Waals surface area contributed by atoms with E-state index in [0.717, 1.165) is 30.1 Å². The maximum atomic E-state index is 12.2. The highest BCUT2D eigenvalue weighted by molar-refractivity contribution is 7.86. The van der Waals surface area contributed by atoms with Crippen molar-refractivity contribution >= 4 is 10.2 Å². The Balaban J connectivity index is 1.68. The molecule has 0 aliphatic carbocycles. The van der Waals surface area contributed by atoms with E-state index in [1.807, 2.05) is 17.8 Å². The molecule has 8 nitrogen and oxygen atoms in total. The molecule has 0 amide bonds. The predicted octanol–water partition coefficient (Wildman–Crippen LogP) is 0.863. The van der Waals surface area contributed by atoms with Gasteiger partial charge in [-0.2, -0.15) is 17.0 Å². The molecule has 3 rings (SSSR count). The van der Waals surface area contributed by atoms with E-state index in [0.29, 0.717) is 13.1 Å². The fourth-order valence-electron chi connectivity index (χ4n) is 2.89. The van der Waals surface area contributed by atoms with E-state index < -0.39 is 10.2 Å². The van der Waals surface area contributed by atoms with Crippen LogP contribution in [0, 0.1) is 0 Å². The molecule has 0 saturated carbocycles. The third-order valence-corrected chi connectivity index (χ3v) is 6.32. The zero-order valence-corrected chi connectivity index (χ0v) is 14.9. The van der Waals surface area contributed by atoms with Gasteiger partial charge in [-0.1, -0.05) is 0 Å². The maximum Gasteiger partial charge on any atom is 0.281 e. The Morgan fingerprint density at radius 1 is 1.12 bits per heavy atom. The molecule has 0 N–H and O–H groups in total. The molecular formula is C15H22N6O2S. The molecular weight excluding hydrogens is 328 g/mol. The highest BCUT2D eigenvalue weighted by Crippen LogP contribution is 2.28. The number of hydrogen-bond acceptors (Lipinski definition) is 5. The van der Waals surface area contributed by atoms with Gasteiger partial charge in [0, 0.05) is 58.7 Å². The van der Waals surface area contributed by atoms with E-state index in [9.17, 15) is 8.42 Å². The van der Waals surface area contributed by atoms with E-state index in [1.54, 1.807) is 32.7 Å². The lowest BCUT2D eigenvalue weighted by molar-refractivity contribution is 0.300. The number of rotatable bonds is 4. The van der Waals surface area contributed by atoms with Crippen molar-refractivity contribution in [1.82, 2.24) is 28.1 Å². The molecule has 0 unspecified atom stereocenters. The smallest absolute Gasteiger partial charge is 0.281 e. The van der Waals surface area contributed by atoms with Crippen molar-refractivity contribution in [3.63, 3.8) is 0 Å². The van der Waals surface area contributed by atoms with Crippen LogP contribution in [-0.2, 0) is 17.3 Å². The van der Waals surface area contributed by atoms with Gasteiger partial charge in [0.15, 0.2) is 5.82 Å². The average molecular weight is 350 g/mol. The van der Waals surface area contributed by atoms with Crippen molar-refractivity contribution in [2.45, 2.75) is 18.8 Å². The molecule has 2 aromatic rings. The molecule has 3 heterocycles. The largest absolute Gasteiger partial charge is 0.333 e. The molecule has 0 radical (unpaired) electrons. The minimum Gasteiger partial charge on any atom is -0.333 e. The first kappa shape index (κ1) is 17.0. The molecule has 0 spiro atoms. The Bertz CT molecular complexity index is 792. The first-order valence-electron chi connectivity index (χ1n) is 7.87. The van der Waals surface area contributed by atoms with E-state index in [2.05, 4.69) is 15.0 Å². The van der Waals surface area contributed by atoms with Gasteiger partial charge in [-0.15, -0.1) is 0 Å². The van der Waals surface area contributed by atoms with Crippen molar-refractivity contribution in [2.75, 3.05) is 27.2 Å². The van der Waals surface area contributed by atoms with Gasteiger partial charge in [-0.3, -0.25) is 4.98 Å². The molecule has 1 aliphatic rings. The van der Waals surface area contributed by atoms with Crippen LogP contribution in [-0.4, -0.2) is 63.7 Å². The Morgan fingerprint density at radius 3 is 2.33 bits per heavy atom. The summed E-state index contributed by atoms with van der Waals surface area (Å²) in [6, 6.07) is 0. The second kappa shape index (κ2) is 6.58. The highest BCUT2D eigenvalue weighted by Gasteiger charge is 2.30. The van der Waals surface area contributed by atoms with Crippen molar-refractivity contribution < 1.29 is 8.42 Å². The van der Waals surface area contributed by atoms with Gasteiger partial charge in [0.2, 0.25) is 0 Å². The summed E-state index contributed by atoms with van der Waals surface area (Å²) in [7, 11) is 1.71. The number of aromatic nitrogens is 4. The lowest BCUT2D eigenvalue weighted by Gasteiger charge is -2.32. The van der Waals surface area contributed by atoms with Gasteiger partial charge in [0.1, 0.15) is 5.69 Å². The molecule has 1 fully saturated rings. The maximum absolute atomic E-state index is 12.2. The molecule has 0 aromatic carbocycles. The average Bonchev–Trinajstić information content (AvgIpc) is 3.01. The number of piperidine rings is 1. The zero-order valence-electron chi connectivity index (χ0n) is 14.1. The second-order valence-corrected chi connectivity index (χ2v) is 8.29. The topological polar surface area (TPSA) is 84.2 Å². The molecule has 1 aliphatic heterocycles. The first-order chi connectivity index (χ1) is 11.4. The Hall–Kier alpha value is -1.84. The van der Waals surface area contributed by atoms with Crippen LogP contribution in [0.2, 0.25) is 0 Å². The number of imidazole rings is 1. The third-order valence-electron chi connectivity index (χ3n) is 4.38. The van der Waals surface area contributed by atoms with Crippen LogP contribution in [0.5, 0.6) is 0 Å². The van der Waals surface area contributed by atoms with Gasteiger partial charge in [-0.05, 0) is 12.8 Å². The lowest BCUT2D eigenvalue weighted by Crippen LogP contribution is -2.44. The first-order valence-corrected chi connectivity index (χ1v) is 9.26. The number of aryl methyl sites for hydroxylation is 1. The predicted molar refractivity (Wildman–Crippen MR) is 90.4 cm³/mol. The third kappa shape index (κ3) is 3.19. The van der Waals surface area contributed by atoms with Crippen LogP contribution < -0.4 is 0 Å². The molecule has 2 aromatic heterocycles. The van der Waals surface area contributed by atoms with Gasteiger partial charge in [0.25, 0.3) is 10.2 Å². The SMILES string of the molecule is CN(C)S(=O)(=O)N1CCC(c2cnc(-c3nccn3C)cn2)CC1. The van der Waals surface area contributed by atoms with Crippen LogP contribution in [0.25, 0.3) is 11.5 Å². The summed E-state index contributed by atoms with van der Waals surface area (Å²) in [4.78, 5) is 13.3. The standard InChI is InChI=1S/C15H22N6O2S/c1-19(2)24(22,23)21-7-4-12(5-8-21)13-10-18-14(11-17-13)15-16-6-9-20(15)3/h6,9-12H,4-5,7-8H2,1-3H3. The van der Waals surface area contributed by atoms with Crippen LogP contribution in [0.3, 0.4) is 0 Å². The summed E-state index contributed by atoms with van der Waals surface area (Å²) in [5.74, 6) is 1.02. The molecule has 0 bridgehead atoms. The van der Waals surface area contributed by atoms with E-state index in [4.69, 9.17) is 0 Å². The molecule has 9 heteroatoms. The summed E-state index contributed by atoms with van der Waals surface area (Å²) >= 11 is 0. The van der Waals surface area contributed by atoms with Gasteiger partial charge < -0.3 is 4.57 Å². The van der Waals surface area contributed by atoms with E-state index in [1.165, 1.54) is 8.61 Å². The van der Waals surface area contributed by atoms with Crippen LogP contribution >= 0.6 is 0 Å². The number of hydrogen-bond donors (Lipinski definition) is 0. The zero-order chi connectivity index (χ0) is 17.3. The van der Waals surface area contributed by atoms with Gasteiger partial charge in [0.05, 0.1) is 11.9 Å². The van der Waals surface area contributed by atoms with E-state index >= 15 is 0 Å². The van der Waals surface area contributed by atoms with Crippen LogP contribution in [0.15, 0.2) is 24.8 Å². The van der Waals surface area contributed by atoms with Crippen molar-refractivity contribution in [3.05, 3.63) is 30.5 Å². The Morgan fingerprint density at radius 2 is 1.83 bits per heavy atom. The second-order valence-electron chi connectivity index (χ2n) is 6.15. The van der Waals surface area contributed by atoms with Crippen molar-refractivity contribution in [2.24, 2.45) is 7.05 Å². The molecule has 0 atom stereocenters. The fourth-order valence-corrected chi connectivity index (χ4v) is 4.02. The highest BCUT2D eigenvalue weighted by atomic mass is 32.2. The summed E-state index contributed by atoms with van der Waals surface area (Å²) in [6.45, 7) is 1.02. The van der Waals surface area contributed by atoms with Gasteiger partial charge in [-0.25, -0.2) is 9.97 Å². The summed E-state index contributed by atoms with van der Waals surface area (Å²) in [5.41, 5.74) is 1.65.